The lowest BCUT2D eigenvalue weighted by Gasteiger charge is -2.71. The number of fused-ring (bicyclic) bond motifs is 7. The van der Waals surface area contributed by atoms with Gasteiger partial charge in [-0.3, -0.25) is 9.59 Å². The quantitative estimate of drug-likeness (QED) is 0.365. The van der Waals surface area contributed by atoms with Crippen molar-refractivity contribution >= 4 is 11.9 Å². The summed E-state index contributed by atoms with van der Waals surface area (Å²) in [4.78, 5) is 27.7. The van der Waals surface area contributed by atoms with E-state index < -0.39 is 33.9 Å². The monoisotopic (exact) mass is 530 g/mol. The summed E-state index contributed by atoms with van der Waals surface area (Å²) in [5.41, 5.74) is -1.58. The zero-order valence-electron chi connectivity index (χ0n) is 24.9. The number of allylic oxidation sites excluding steroid dienone is 1. The van der Waals surface area contributed by atoms with Crippen LogP contribution in [0, 0.1) is 50.2 Å². The molecule has 0 unspecified atom stereocenters. The van der Waals surface area contributed by atoms with Crippen LogP contribution in [0.1, 0.15) is 99.3 Å². The molecule has 0 heterocycles. The third kappa shape index (κ3) is 3.31. The Balaban J connectivity index is 1.71. The van der Waals surface area contributed by atoms with E-state index in [-0.39, 0.29) is 40.5 Å². The van der Waals surface area contributed by atoms with Gasteiger partial charge in [-0.2, -0.15) is 0 Å². The Morgan fingerprint density at radius 2 is 1.50 bits per heavy atom. The molecule has 5 aliphatic rings. The van der Waals surface area contributed by atoms with Crippen LogP contribution in [0.5, 0.6) is 0 Å². The molecule has 9 atom stereocenters. The van der Waals surface area contributed by atoms with Gasteiger partial charge in [0, 0.05) is 0 Å². The number of carbonyl (C=O) groups is 2. The predicted molar refractivity (Wildman–Crippen MR) is 145 cm³/mol. The molecular weight excluding hydrogens is 480 g/mol. The van der Waals surface area contributed by atoms with E-state index in [0.717, 1.165) is 37.7 Å². The SMILES string of the molecule is COC(=O)[C@]12CCC(C)(C)C[C@H]1C1=CC[C@@H]3[C@@]4(C)CC[C@H](O)C(C)(C)[C@@H]4[C@@H](O)C[C@@]3(C)[C@]1(C(=O)OC)CC2. The summed E-state index contributed by atoms with van der Waals surface area (Å²) < 4.78 is 11.1. The number of hydrogen-bond donors (Lipinski definition) is 2. The highest BCUT2D eigenvalue weighted by Gasteiger charge is 2.74. The number of carbonyl (C=O) groups excluding carboxylic acids is 2. The van der Waals surface area contributed by atoms with Crippen molar-refractivity contribution in [3.8, 4) is 0 Å². The van der Waals surface area contributed by atoms with Gasteiger partial charge in [0.25, 0.3) is 0 Å². The Bertz CT molecular complexity index is 1040. The van der Waals surface area contributed by atoms with Gasteiger partial charge < -0.3 is 19.7 Å². The van der Waals surface area contributed by atoms with Gasteiger partial charge in [0.1, 0.15) is 0 Å². The van der Waals surface area contributed by atoms with Gasteiger partial charge in [0.2, 0.25) is 0 Å². The summed E-state index contributed by atoms with van der Waals surface area (Å²) >= 11 is 0. The normalized spacial score (nSPS) is 48.8. The fourth-order valence-electron chi connectivity index (χ4n) is 11.3. The van der Waals surface area contributed by atoms with Crippen molar-refractivity contribution in [2.24, 2.45) is 50.2 Å². The second kappa shape index (κ2) is 8.55. The average Bonchev–Trinajstić information content (AvgIpc) is 2.84. The van der Waals surface area contributed by atoms with Crippen LogP contribution >= 0.6 is 0 Å². The fourth-order valence-corrected chi connectivity index (χ4v) is 11.3. The van der Waals surface area contributed by atoms with Gasteiger partial charge in [-0.05, 0) is 97.2 Å². The number of hydrogen-bond acceptors (Lipinski definition) is 6. The summed E-state index contributed by atoms with van der Waals surface area (Å²) in [6, 6.07) is 0. The molecule has 2 N–H and O–H groups in total. The Kier molecular flexibility index (Phi) is 6.33. The summed E-state index contributed by atoms with van der Waals surface area (Å²) in [5, 5.41) is 22.9. The molecule has 0 aromatic carbocycles. The van der Waals surface area contributed by atoms with Crippen LogP contribution in [0.2, 0.25) is 0 Å². The molecule has 0 radical (unpaired) electrons. The van der Waals surface area contributed by atoms with Gasteiger partial charge in [-0.15, -0.1) is 0 Å². The third-order valence-electron chi connectivity index (χ3n) is 13.1. The van der Waals surface area contributed by atoms with Crippen molar-refractivity contribution in [3.63, 3.8) is 0 Å². The van der Waals surface area contributed by atoms with Crippen molar-refractivity contribution in [2.75, 3.05) is 14.2 Å². The molecule has 0 aliphatic heterocycles. The molecule has 0 bridgehead atoms. The highest BCUT2D eigenvalue weighted by Crippen LogP contribution is 2.76. The summed E-state index contributed by atoms with van der Waals surface area (Å²) in [7, 11) is 2.97. The van der Waals surface area contributed by atoms with Crippen molar-refractivity contribution in [1.82, 2.24) is 0 Å². The van der Waals surface area contributed by atoms with E-state index in [2.05, 4.69) is 47.6 Å². The first kappa shape index (κ1) is 28.1. The van der Waals surface area contributed by atoms with Crippen molar-refractivity contribution in [1.29, 1.82) is 0 Å². The number of rotatable bonds is 2. The molecule has 0 spiro atoms. The first-order valence-corrected chi connectivity index (χ1v) is 14.8. The van der Waals surface area contributed by atoms with Crippen LogP contribution in [-0.4, -0.2) is 48.6 Å². The zero-order chi connectivity index (χ0) is 28.1. The number of ether oxygens (including phenoxy) is 2. The molecule has 6 nitrogen and oxygen atoms in total. The molecule has 0 aromatic heterocycles. The number of aliphatic hydroxyl groups excluding tert-OH is 2. The van der Waals surface area contributed by atoms with Crippen molar-refractivity contribution in [2.45, 2.75) is 112 Å². The van der Waals surface area contributed by atoms with Crippen LogP contribution in [0.4, 0.5) is 0 Å². The van der Waals surface area contributed by atoms with Gasteiger partial charge in [-0.25, -0.2) is 0 Å². The predicted octanol–water partition coefficient (Wildman–Crippen LogP) is 5.45. The minimum atomic E-state index is -0.893. The molecule has 0 saturated heterocycles. The fraction of sp³-hybridized carbons (Fsp3) is 0.875. The molecule has 214 valence electrons. The van der Waals surface area contributed by atoms with Gasteiger partial charge in [-0.1, -0.05) is 53.2 Å². The van der Waals surface area contributed by atoms with Gasteiger partial charge >= 0.3 is 11.9 Å². The lowest BCUT2D eigenvalue weighted by atomic mass is 9.32. The van der Waals surface area contributed by atoms with Gasteiger partial charge in [0.05, 0.1) is 37.3 Å². The van der Waals surface area contributed by atoms with Crippen molar-refractivity contribution < 1.29 is 29.3 Å². The zero-order valence-corrected chi connectivity index (χ0v) is 24.9. The maximum absolute atomic E-state index is 14.2. The molecule has 0 amide bonds. The number of esters is 2. The van der Waals surface area contributed by atoms with Gasteiger partial charge in [0.15, 0.2) is 0 Å². The number of aliphatic hydroxyl groups is 2. The second-order valence-electron chi connectivity index (χ2n) is 15.5. The smallest absolute Gasteiger partial charge is 0.316 e. The van der Waals surface area contributed by atoms with E-state index in [1.165, 1.54) is 14.2 Å². The highest BCUT2D eigenvalue weighted by atomic mass is 16.5. The van der Waals surface area contributed by atoms with Crippen LogP contribution < -0.4 is 0 Å². The first-order valence-electron chi connectivity index (χ1n) is 14.8. The van der Waals surface area contributed by atoms with E-state index in [0.29, 0.717) is 25.7 Å². The molecule has 38 heavy (non-hydrogen) atoms. The van der Waals surface area contributed by atoms with Crippen LogP contribution in [0.3, 0.4) is 0 Å². The summed E-state index contributed by atoms with van der Waals surface area (Å²) in [6.45, 7) is 13.3. The molecule has 4 saturated carbocycles. The number of methoxy groups -OCH3 is 2. The first-order chi connectivity index (χ1) is 17.6. The van der Waals surface area contributed by atoms with Crippen LogP contribution in [0.15, 0.2) is 11.6 Å². The lowest BCUT2D eigenvalue weighted by molar-refractivity contribution is -0.246. The Morgan fingerprint density at radius 1 is 0.868 bits per heavy atom. The van der Waals surface area contributed by atoms with Crippen LogP contribution in [-0.2, 0) is 19.1 Å². The molecule has 5 aliphatic carbocycles. The average molecular weight is 531 g/mol. The van der Waals surface area contributed by atoms with E-state index in [4.69, 9.17) is 9.47 Å². The van der Waals surface area contributed by atoms with E-state index in [9.17, 15) is 19.8 Å². The Morgan fingerprint density at radius 3 is 2.13 bits per heavy atom. The lowest BCUT2D eigenvalue weighted by Crippen LogP contribution is -2.70. The molecule has 0 aromatic rings. The molecule has 5 rings (SSSR count). The van der Waals surface area contributed by atoms with E-state index >= 15 is 0 Å². The molecule has 4 fully saturated rings. The maximum atomic E-state index is 14.2. The minimum absolute atomic E-state index is 0.0483. The van der Waals surface area contributed by atoms with E-state index in [1.807, 2.05) is 0 Å². The third-order valence-corrected chi connectivity index (χ3v) is 13.1. The molecule has 6 heteroatoms. The topological polar surface area (TPSA) is 93.1 Å². The largest absolute Gasteiger partial charge is 0.469 e. The van der Waals surface area contributed by atoms with E-state index in [1.54, 1.807) is 0 Å². The summed E-state index contributed by atoms with van der Waals surface area (Å²) in [5.74, 6) is -0.366. The molecular formula is C32H50O6. The van der Waals surface area contributed by atoms with Crippen LogP contribution in [0.25, 0.3) is 0 Å². The maximum Gasteiger partial charge on any atom is 0.316 e. The Hall–Kier alpha value is -1.40. The minimum Gasteiger partial charge on any atom is -0.469 e. The highest BCUT2D eigenvalue weighted by molar-refractivity contribution is 5.86. The second-order valence-corrected chi connectivity index (χ2v) is 15.5. The Labute approximate surface area is 228 Å². The standard InChI is InChI=1S/C32H50O6/c1-27(2)13-14-31(25(35)37-7)15-16-32(26(36)38-8)19(20(31)17-27)9-10-22-29(5)12-11-23(34)28(3,4)24(29)21(33)18-30(22,32)6/h9,20-24,33-34H,10-18H2,1-8H3/t20-,21-,22+,23-,24-,29+,30+,31-,32+/m0/s1. The summed E-state index contributed by atoms with van der Waals surface area (Å²) in [6.07, 6.45) is 7.70. The van der Waals surface area contributed by atoms with Crippen molar-refractivity contribution in [3.05, 3.63) is 11.6 Å².